The second-order valence-corrected chi connectivity index (χ2v) is 16.4. The van der Waals surface area contributed by atoms with Gasteiger partial charge in [0, 0.05) is 33.4 Å². The average molecular weight is 775 g/mol. The molecule has 61 heavy (non-hydrogen) atoms. The Morgan fingerprint density at radius 1 is 0.361 bits per heavy atom. The van der Waals surface area contributed by atoms with E-state index in [1.54, 1.807) is 0 Å². The van der Waals surface area contributed by atoms with Crippen molar-refractivity contribution in [1.82, 2.24) is 4.57 Å². The lowest BCUT2D eigenvalue weighted by Gasteiger charge is -2.32. The van der Waals surface area contributed by atoms with E-state index >= 15 is 0 Å². The summed E-state index contributed by atoms with van der Waals surface area (Å²) >= 11 is 0. The van der Waals surface area contributed by atoms with Crippen LogP contribution in [-0.2, 0) is 5.41 Å². The van der Waals surface area contributed by atoms with Crippen molar-refractivity contribution in [3.8, 4) is 39.1 Å². The van der Waals surface area contributed by atoms with Crippen LogP contribution in [0.15, 0.2) is 231 Å². The Bertz CT molecular complexity index is 3480. The largest absolute Gasteiger partial charge is 0.310 e. The smallest absolute Gasteiger partial charge is 0.0726 e. The second kappa shape index (κ2) is 13.0. The molecular formula is C59H38N2. The van der Waals surface area contributed by atoms with Gasteiger partial charge in [-0.1, -0.05) is 182 Å². The van der Waals surface area contributed by atoms with Crippen molar-refractivity contribution in [2.45, 2.75) is 5.41 Å². The van der Waals surface area contributed by atoms with Gasteiger partial charge in [-0.25, -0.2) is 0 Å². The molecule has 0 amide bonds. The molecule has 2 aliphatic carbocycles. The van der Waals surface area contributed by atoms with Gasteiger partial charge in [0.05, 0.1) is 22.1 Å². The van der Waals surface area contributed by atoms with E-state index < -0.39 is 5.41 Å². The lowest BCUT2D eigenvalue weighted by atomic mass is 9.70. The zero-order valence-corrected chi connectivity index (χ0v) is 33.3. The molecule has 13 rings (SSSR count). The number of fused-ring (bicyclic) bond motifs is 14. The summed E-state index contributed by atoms with van der Waals surface area (Å²) in [5.41, 5.74) is 19.3. The molecule has 0 saturated carbocycles. The van der Waals surface area contributed by atoms with Crippen molar-refractivity contribution < 1.29 is 0 Å². The maximum Gasteiger partial charge on any atom is 0.0726 e. The molecule has 2 nitrogen and oxygen atoms in total. The Labute approximate surface area is 354 Å². The molecule has 2 aliphatic rings. The summed E-state index contributed by atoms with van der Waals surface area (Å²) < 4.78 is 2.47. The van der Waals surface area contributed by atoms with Gasteiger partial charge in [-0.3, -0.25) is 0 Å². The standard InChI is InChI=1S/C59H38N2/c1-3-18-40(19-4-1)45-35-36-56(57-50-26-12-16-30-55(50)61(58(45)57)42-21-5-2-6-22-42)60(43-32-31-39-17-7-8-20-41(39)37-43)44-33-34-49-48-25-11-15-29-53(48)59(54(49)38-44)51-27-13-9-23-46(51)47-24-10-14-28-52(47)59/h1-38H. The first-order valence-electron chi connectivity index (χ1n) is 21.2. The van der Waals surface area contributed by atoms with E-state index in [1.165, 1.54) is 88.2 Å². The molecule has 0 aliphatic heterocycles. The zero-order valence-electron chi connectivity index (χ0n) is 33.3. The van der Waals surface area contributed by atoms with Gasteiger partial charge in [-0.15, -0.1) is 0 Å². The molecule has 10 aromatic carbocycles. The van der Waals surface area contributed by atoms with Crippen LogP contribution in [0, 0.1) is 0 Å². The number of anilines is 3. The van der Waals surface area contributed by atoms with Crippen molar-refractivity contribution in [3.63, 3.8) is 0 Å². The molecule has 0 saturated heterocycles. The van der Waals surface area contributed by atoms with Crippen LogP contribution in [0.2, 0.25) is 0 Å². The fraction of sp³-hybridized carbons (Fsp3) is 0.0169. The third-order valence-corrected chi connectivity index (χ3v) is 13.4. The Hall–Kier alpha value is -7.94. The molecular weight excluding hydrogens is 737 g/mol. The molecule has 1 aromatic heterocycles. The van der Waals surface area contributed by atoms with Gasteiger partial charge < -0.3 is 9.47 Å². The molecule has 0 fully saturated rings. The van der Waals surface area contributed by atoms with Gasteiger partial charge in [0.2, 0.25) is 0 Å². The van der Waals surface area contributed by atoms with Crippen molar-refractivity contribution in [2.24, 2.45) is 0 Å². The Balaban J connectivity index is 1.15. The number of nitrogens with zero attached hydrogens (tertiary/aromatic N) is 2. The topological polar surface area (TPSA) is 8.17 Å². The maximum atomic E-state index is 2.52. The van der Waals surface area contributed by atoms with Crippen LogP contribution >= 0.6 is 0 Å². The molecule has 1 heterocycles. The van der Waals surface area contributed by atoms with Crippen molar-refractivity contribution >= 4 is 49.6 Å². The highest BCUT2D eigenvalue weighted by molar-refractivity contribution is 6.20. The molecule has 2 heteroatoms. The first-order valence-corrected chi connectivity index (χ1v) is 21.2. The number of benzene rings is 10. The van der Waals surface area contributed by atoms with E-state index in [0.717, 1.165) is 22.7 Å². The molecule has 0 N–H and O–H groups in total. The number of rotatable bonds is 5. The monoisotopic (exact) mass is 774 g/mol. The summed E-state index contributed by atoms with van der Waals surface area (Å²) in [5.74, 6) is 0. The molecule has 284 valence electrons. The fourth-order valence-corrected chi connectivity index (χ4v) is 10.9. The van der Waals surface area contributed by atoms with Gasteiger partial charge in [-0.05, 0) is 109 Å². The third kappa shape index (κ3) is 4.73. The highest BCUT2D eigenvalue weighted by Crippen LogP contribution is 2.63. The predicted octanol–water partition coefficient (Wildman–Crippen LogP) is 15.4. The summed E-state index contributed by atoms with van der Waals surface area (Å²) in [5, 5.41) is 4.85. The van der Waals surface area contributed by atoms with E-state index in [4.69, 9.17) is 0 Å². The average Bonchev–Trinajstić information content (AvgIpc) is 3.95. The third-order valence-electron chi connectivity index (χ3n) is 13.4. The Morgan fingerprint density at radius 2 is 0.885 bits per heavy atom. The Morgan fingerprint density at radius 3 is 1.59 bits per heavy atom. The summed E-state index contributed by atoms with van der Waals surface area (Å²) in [6, 6.07) is 85.4. The number of aromatic nitrogens is 1. The van der Waals surface area contributed by atoms with E-state index in [2.05, 4.69) is 240 Å². The first kappa shape index (κ1) is 34.0. The highest BCUT2D eigenvalue weighted by atomic mass is 15.1. The van der Waals surface area contributed by atoms with E-state index in [-0.39, 0.29) is 0 Å². The number of para-hydroxylation sites is 2. The van der Waals surface area contributed by atoms with E-state index in [1.807, 2.05) is 0 Å². The molecule has 0 bridgehead atoms. The van der Waals surface area contributed by atoms with E-state index in [0.29, 0.717) is 0 Å². The normalized spacial score (nSPS) is 13.0. The van der Waals surface area contributed by atoms with Crippen LogP contribution in [0.1, 0.15) is 22.3 Å². The van der Waals surface area contributed by atoms with Crippen LogP contribution < -0.4 is 4.90 Å². The number of hydrogen-bond acceptors (Lipinski definition) is 1. The van der Waals surface area contributed by atoms with Crippen molar-refractivity contribution in [1.29, 1.82) is 0 Å². The second-order valence-electron chi connectivity index (χ2n) is 16.4. The van der Waals surface area contributed by atoms with Gasteiger partial charge >= 0.3 is 0 Å². The van der Waals surface area contributed by atoms with Crippen LogP contribution in [-0.4, -0.2) is 4.57 Å². The minimum atomic E-state index is -0.458. The van der Waals surface area contributed by atoms with Crippen LogP contribution in [0.3, 0.4) is 0 Å². The highest BCUT2D eigenvalue weighted by Gasteiger charge is 2.51. The van der Waals surface area contributed by atoms with Gasteiger partial charge in [0.15, 0.2) is 0 Å². The maximum absolute atomic E-state index is 2.52. The summed E-state index contributed by atoms with van der Waals surface area (Å²) in [7, 11) is 0. The lowest BCUT2D eigenvalue weighted by Crippen LogP contribution is -2.26. The van der Waals surface area contributed by atoms with Gasteiger partial charge in [0.1, 0.15) is 0 Å². The SMILES string of the molecule is c1ccc(-c2ccc(N(c3ccc4c(c3)C3(c5ccccc5-c5ccccc53)c3ccccc3-4)c3ccc4ccccc4c3)c3c4ccccc4n(-c4ccccc4)c23)cc1. The minimum absolute atomic E-state index is 0.458. The molecule has 11 aromatic rings. The summed E-state index contributed by atoms with van der Waals surface area (Å²) in [6.45, 7) is 0. The van der Waals surface area contributed by atoms with E-state index in [9.17, 15) is 0 Å². The molecule has 0 unspecified atom stereocenters. The minimum Gasteiger partial charge on any atom is -0.310 e. The predicted molar refractivity (Wildman–Crippen MR) is 255 cm³/mol. The molecule has 0 atom stereocenters. The first-order chi connectivity index (χ1) is 30.3. The molecule has 1 spiro atoms. The zero-order chi connectivity index (χ0) is 40.1. The van der Waals surface area contributed by atoms with Gasteiger partial charge in [-0.2, -0.15) is 0 Å². The quantitative estimate of drug-likeness (QED) is 0.169. The molecule has 0 radical (unpaired) electrons. The fourth-order valence-electron chi connectivity index (χ4n) is 10.9. The van der Waals surface area contributed by atoms with Crippen molar-refractivity contribution in [2.75, 3.05) is 4.90 Å². The van der Waals surface area contributed by atoms with Crippen LogP contribution in [0.4, 0.5) is 17.1 Å². The van der Waals surface area contributed by atoms with Gasteiger partial charge in [0.25, 0.3) is 0 Å². The lowest BCUT2D eigenvalue weighted by molar-refractivity contribution is 0.793. The van der Waals surface area contributed by atoms with Crippen LogP contribution in [0.25, 0.3) is 71.6 Å². The van der Waals surface area contributed by atoms with Crippen molar-refractivity contribution in [3.05, 3.63) is 253 Å². The number of hydrogen-bond donors (Lipinski definition) is 0. The van der Waals surface area contributed by atoms with Crippen LogP contribution in [0.5, 0.6) is 0 Å². The summed E-state index contributed by atoms with van der Waals surface area (Å²) in [4.78, 5) is 2.52. The summed E-state index contributed by atoms with van der Waals surface area (Å²) in [6.07, 6.45) is 0. The Kier molecular flexibility index (Phi) is 7.26.